The summed E-state index contributed by atoms with van der Waals surface area (Å²) in [6.45, 7) is 2.78. The Hall–Kier alpha value is -1.82. The van der Waals surface area contributed by atoms with Crippen LogP contribution in [0.25, 0.3) is 5.69 Å². The molecular formula is C15H20N4OS. The molecule has 0 aliphatic rings. The number of hydrogen-bond acceptors (Lipinski definition) is 4. The molecular weight excluding hydrogens is 284 g/mol. The molecule has 1 amide bonds. The number of aromatic nitrogens is 3. The molecule has 2 aromatic heterocycles. The van der Waals surface area contributed by atoms with Gasteiger partial charge in [0.2, 0.25) is 5.91 Å². The molecule has 0 aromatic carbocycles. The van der Waals surface area contributed by atoms with Gasteiger partial charge in [0.25, 0.3) is 0 Å². The molecule has 0 aliphatic carbocycles. The van der Waals surface area contributed by atoms with Crippen LogP contribution in [-0.4, -0.2) is 39.2 Å². The second kappa shape index (κ2) is 7.83. The largest absolute Gasteiger partial charge is 0.309 e. The Morgan fingerprint density at radius 1 is 1.43 bits per heavy atom. The fraction of sp³-hybridized carbons (Fsp3) is 0.400. The zero-order valence-electron chi connectivity index (χ0n) is 12.4. The third kappa shape index (κ3) is 4.07. The number of thioether (sulfide) groups is 1. The van der Waals surface area contributed by atoms with Crippen molar-refractivity contribution in [3.63, 3.8) is 0 Å². The van der Waals surface area contributed by atoms with Crippen LogP contribution < -0.4 is 4.90 Å². The van der Waals surface area contributed by atoms with Gasteiger partial charge in [-0.1, -0.05) is 6.92 Å². The summed E-state index contributed by atoms with van der Waals surface area (Å²) < 4.78 is 1.74. The molecule has 6 heteroatoms. The average Bonchev–Trinajstić information content (AvgIpc) is 3.00. The van der Waals surface area contributed by atoms with E-state index in [4.69, 9.17) is 0 Å². The number of carbonyl (C=O) groups excluding carboxylic acids is 1. The van der Waals surface area contributed by atoms with Gasteiger partial charge in [-0.15, -0.1) is 0 Å². The fourth-order valence-corrected chi connectivity index (χ4v) is 2.41. The average molecular weight is 304 g/mol. The molecule has 0 N–H and O–H groups in total. The highest BCUT2D eigenvalue weighted by atomic mass is 32.2. The highest BCUT2D eigenvalue weighted by molar-refractivity contribution is 7.98. The van der Waals surface area contributed by atoms with E-state index in [1.807, 2.05) is 29.5 Å². The Morgan fingerprint density at radius 2 is 2.29 bits per heavy atom. The summed E-state index contributed by atoms with van der Waals surface area (Å²) >= 11 is 1.69. The maximum Gasteiger partial charge on any atom is 0.227 e. The third-order valence-corrected chi connectivity index (χ3v) is 3.67. The van der Waals surface area contributed by atoms with Crippen LogP contribution in [0.3, 0.4) is 0 Å². The summed E-state index contributed by atoms with van der Waals surface area (Å²) in [5.41, 5.74) is 1.73. The Balaban J connectivity index is 2.18. The first kappa shape index (κ1) is 15.6. The standard InChI is InChI=1S/C15H20N4OS/c1-3-8-18(15(20)6-9-21-2)14-11-17-19(12-14)13-5-4-7-16-10-13/h4-5,7,10-12H,3,6,8-9H2,1-2H3. The van der Waals surface area contributed by atoms with Gasteiger partial charge in [-0.2, -0.15) is 16.9 Å². The SMILES string of the molecule is CCCN(C(=O)CCSC)c1cnn(-c2cccnc2)c1. The number of pyridine rings is 1. The fourth-order valence-electron chi connectivity index (χ4n) is 2.03. The van der Waals surface area contributed by atoms with Gasteiger partial charge in [-0.25, -0.2) is 4.68 Å². The molecule has 0 unspecified atom stereocenters. The van der Waals surface area contributed by atoms with Gasteiger partial charge in [0, 0.05) is 24.9 Å². The first-order valence-electron chi connectivity index (χ1n) is 7.00. The van der Waals surface area contributed by atoms with Gasteiger partial charge in [-0.05, 0) is 24.8 Å². The summed E-state index contributed by atoms with van der Waals surface area (Å²) in [6, 6.07) is 3.80. The lowest BCUT2D eigenvalue weighted by atomic mass is 10.3. The monoisotopic (exact) mass is 304 g/mol. The van der Waals surface area contributed by atoms with Gasteiger partial charge in [0.1, 0.15) is 0 Å². The molecule has 0 aliphatic heterocycles. The minimum Gasteiger partial charge on any atom is -0.309 e. The smallest absolute Gasteiger partial charge is 0.227 e. The van der Waals surface area contributed by atoms with Crippen molar-refractivity contribution in [2.45, 2.75) is 19.8 Å². The predicted octanol–water partition coefficient (Wildman–Crippen LogP) is 2.76. The molecule has 5 nitrogen and oxygen atoms in total. The van der Waals surface area contributed by atoms with Crippen molar-refractivity contribution >= 4 is 23.4 Å². The zero-order valence-corrected chi connectivity index (χ0v) is 13.2. The van der Waals surface area contributed by atoms with E-state index >= 15 is 0 Å². The molecule has 112 valence electrons. The van der Waals surface area contributed by atoms with Gasteiger partial charge >= 0.3 is 0 Å². The highest BCUT2D eigenvalue weighted by Gasteiger charge is 2.16. The van der Waals surface area contributed by atoms with Crippen LogP contribution in [0.4, 0.5) is 5.69 Å². The van der Waals surface area contributed by atoms with E-state index in [0.717, 1.165) is 23.5 Å². The van der Waals surface area contributed by atoms with E-state index in [1.54, 1.807) is 35.0 Å². The van der Waals surface area contributed by atoms with E-state index in [1.165, 1.54) is 0 Å². The van der Waals surface area contributed by atoms with E-state index in [2.05, 4.69) is 17.0 Å². The first-order valence-corrected chi connectivity index (χ1v) is 8.40. The van der Waals surface area contributed by atoms with Crippen molar-refractivity contribution in [1.29, 1.82) is 0 Å². The van der Waals surface area contributed by atoms with Crippen molar-refractivity contribution in [2.24, 2.45) is 0 Å². The quantitative estimate of drug-likeness (QED) is 0.789. The first-order chi connectivity index (χ1) is 10.3. The molecule has 2 heterocycles. The van der Waals surface area contributed by atoms with Crippen molar-refractivity contribution < 1.29 is 4.79 Å². The zero-order chi connectivity index (χ0) is 15.1. The molecule has 0 saturated heterocycles. The van der Waals surface area contributed by atoms with Crippen LogP contribution in [0.1, 0.15) is 19.8 Å². The summed E-state index contributed by atoms with van der Waals surface area (Å²) in [4.78, 5) is 18.2. The normalized spacial score (nSPS) is 10.6. The molecule has 0 fully saturated rings. The lowest BCUT2D eigenvalue weighted by Crippen LogP contribution is -2.31. The molecule has 2 aromatic rings. The van der Waals surface area contributed by atoms with Crippen LogP contribution >= 0.6 is 11.8 Å². The van der Waals surface area contributed by atoms with E-state index in [0.29, 0.717) is 13.0 Å². The number of anilines is 1. The van der Waals surface area contributed by atoms with Crippen molar-refractivity contribution in [2.75, 3.05) is 23.5 Å². The summed E-state index contributed by atoms with van der Waals surface area (Å²) in [5, 5.41) is 4.33. The molecule has 0 bridgehead atoms. The Kier molecular flexibility index (Phi) is 5.80. The van der Waals surface area contributed by atoms with E-state index in [-0.39, 0.29) is 5.91 Å². The number of rotatable bonds is 7. The maximum absolute atomic E-state index is 12.3. The number of hydrogen-bond donors (Lipinski definition) is 0. The lowest BCUT2D eigenvalue weighted by Gasteiger charge is -2.20. The summed E-state index contributed by atoms with van der Waals surface area (Å²) in [6.07, 6.45) is 10.6. The van der Waals surface area contributed by atoms with Crippen molar-refractivity contribution in [3.05, 3.63) is 36.9 Å². The van der Waals surface area contributed by atoms with Crippen LogP contribution in [0.15, 0.2) is 36.9 Å². The van der Waals surface area contributed by atoms with Gasteiger partial charge in [-0.3, -0.25) is 9.78 Å². The Morgan fingerprint density at radius 3 is 2.95 bits per heavy atom. The third-order valence-electron chi connectivity index (χ3n) is 3.06. The minimum absolute atomic E-state index is 0.150. The Bertz CT molecular complexity index is 570. The molecule has 0 radical (unpaired) electrons. The van der Waals surface area contributed by atoms with Gasteiger partial charge in [0.15, 0.2) is 0 Å². The second-order valence-corrected chi connectivity index (χ2v) is 5.63. The topological polar surface area (TPSA) is 51.0 Å². The number of nitrogens with zero attached hydrogens (tertiary/aromatic N) is 4. The molecule has 21 heavy (non-hydrogen) atoms. The Labute approximate surface area is 129 Å². The van der Waals surface area contributed by atoms with Crippen LogP contribution in [-0.2, 0) is 4.79 Å². The molecule has 2 rings (SSSR count). The predicted molar refractivity (Wildman–Crippen MR) is 87.0 cm³/mol. The van der Waals surface area contributed by atoms with Gasteiger partial charge in [0.05, 0.1) is 30.0 Å². The molecule has 0 atom stereocenters. The highest BCUT2D eigenvalue weighted by Crippen LogP contribution is 2.17. The van der Waals surface area contributed by atoms with E-state index in [9.17, 15) is 4.79 Å². The van der Waals surface area contributed by atoms with Crippen LogP contribution in [0.2, 0.25) is 0 Å². The summed E-state index contributed by atoms with van der Waals surface area (Å²) in [7, 11) is 0. The molecule has 0 saturated carbocycles. The van der Waals surface area contributed by atoms with Crippen molar-refractivity contribution in [3.8, 4) is 5.69 Å². The lowest BCUT2D eigenvalue weighted by molar-refractivity contribution is -0.118. The molecule has 0 spiro atoms. The van der Waals surface area contributed by atoms with Gasteiger partial charge < -0.3 is 4.90 Å². The number of amides is 1. The maximum atomic E-state index is 12.3. The van der Waals surface area contributed by atoms with Crippen LogP contribution in [0.5, 0.6) is 0 Å². The van der Waals surface area contributed by atoms with E-state index < -0.39 is 0 Å². The second-order valence-electron chi connectivity index (χ2n) is 4.64. The van der Waals surface area contributed by atoms with Crippen LogP contribution in [0, 0.1) is 0 Å². The number of carbonyl (C=O) groups is 1. The van der Waals surface area contributed by atoms with Crippen molar-refractivity contribution in [1.82, 2.24) is 14.8 Å². The summed E-state index contributed by atoms with van der Waals surface area (Å²) in [5.74, 6) is 0.993. The minimum atomic E-state index is 0.150.